The highest BCUT2D eigenvalue weighted by Crippen LogP contribution is 2.28. The van der Waals surface area contributed by atoms with Gasteiger partial charge in [0.25, 0.3) is 5.91 Å². The summed E-state index contributed by atoms with van der Waals surface area (Å²) in [6.07, 6.45) is 10.7. The van der Waals surface area contributed by atoms with Gasteiger partial charge in [0.1, 0.15) is 0 Å². The topological polar surface area (TPSA) is 71.8 Å². The molecular weight excluding hydrogens is 314 g/mol. The molecule has 0 radical (unpaired) electrons. The highest BCUT2D eigenvalue weighted by Gasteiger charge is 2.26. The number of aromatic nitrogens is 3. The number of amides is 1. The van der Waals surface area contributed by atoms with Crippen molar-refractivity contribution in [2.45, 2.75) is 83.7 Å². The highest BCUT2D eigenvalue weighted by molar-refractivity contribution is 5.93. The molecule has 1 amide bonds. The first kappa shape index (κ1) is 18.4. The minimum Gasteiger partial charge on any atom is -0.348 e. The SMILES string of the molecule is CCCCC1CCC(NC(=O)c2nnn(C3CCNCC3)c2C)CC1. The van der Waals surface area contributed by atoms with Crippen LogP contribution in [0.5, 0.6) is 0 Å². The number of rotatable bonds is 6. The van der Waals surface area contributed by atoms with Gasteiger partial charge in [0.2, 0.25) is 0 Å². The third-order valence-electron chi connectivity index (χ3n) is 5.94. The smallest absolute Gasteiger partial charge is 0.273 e. The molecule has 140 valence electrons. The van der Waals surface area contributed by atoms with Crippen molar-refractivity contribution in [1.29, 1.82) is 0 Å². The number of hydrogen-bond donors (Lipinski definition) is 2. The quantitative estimate of drug-likeness (QED) is 0.830. The molecule has 0 bridgehead atoms. The molecule has 1 aliphatic carbocycles. The Labute approximate surface area is 151 Å². The molecule has 1 aromatic rings. The summed E-state index contributed by atoms with van der Waals surface area (Å²) in [5.41, 5.74) is 1.41. The van der Waals surface area contributed by atoms with Crippen LogP contribution >= 0.6 is 0 Å². The van der Waals surface area contributed by atoms with Crippen LogP contribution in [-0.4, -0.2) is 40.0 Å². The third kappa shape index (κ3) is 4.60. The number of nitrogens with one attached hydrogen (secondary N) is 2. The molecular formula is C19H33N5O. The summed E-state index contributed by atoms with van der Waals surface area (Å²) in [6.45, 7) is 6.24. The number of hydrogen-bond acceptors (Lipinski definition) is 4. The van der Waals surface area contributed by atoms with E-state index in [1.807, 2.05) is 11.6 Å². The molecule has 1 saturated carbocycles. The predicted octanol–water partition coefficient (Wildman–Crippen LogP) is 2.99. The zero-order valence-electron chi connectivity index (χ0n) is 15.8. The second kappa shape index (κ2) is 8.79. The Hall–Kier alpha value is -1.43. The van der Waals surface area contributed by atoms with Crippen molar-refractivity contribution in [2.24, 2.45) is 5.92 Å². The van der Waals surface area contributed by atoms with Crippen LogP contribution in [0.2, 0.25) is 0 Å². The van der Waals surface area contributed by atoms with E-state index >= 15 is 0 Å². The van der Waals surface area contributed by atoms with Crippen LogP contribution in [0.15, 0.2) is 0 Å². The van der Waals surface area contributed by atoms with Gasteiger partial charge >= 0.3 is 0 Å². The molecule has 1 aromatic heterocycles. The van der Waals surface area contributed by atoms with Crippen LogP contribution in [0.25, 0.3) is 0 Å². The molecule has 6 nitrogen and oxygen atoms in total. The zero-order valence-corrected chi connectivity index (χ0v) is 15.8. The largest absolute Gasteiger partial charge is 0.348 e. The molecule has 25 heavy (non-hydrogen) atoms. The molecule has 2 fully saturated rings. The van der Waals surface area contributed by atoms with Gasteiger partial charge in [0.15, 0.2) is 5.69 Å². The Balaban J connectivity index is 1.53. The standard InChI is InChI=1S/C19H33N5O/c1-3-4-5-15-6-8-16(9-7-15)21-19(25)18-14(2)24(23-22-18)17-10-12-20-13-11-17/h15-17,20H,3-13H2,1-2H3,(H,21,25). The Bertz CT molecular complexity index is 556. The van der Waals surface area contributed by atoms with Crippen molar-refractivity contribution in [3.63, 3.8) is 0 Å². The van der Waals surface area contributed by atoms with Gasteiger partial charge in [0, 0.05) is 6.04 Å². The molecule has 0 atom stereocenters. The fraction of sp³-hybridized carbons (Fsp3) is 0.842. The molecule has 6 heteroatoms. The first-order chi connectivity index (χ1) is 12.2. The third-order valence-corrected chi connectivity index (χ3v) is 5.94. The van der Waals surface area contributed by atoms with E-state index in [1.54, 1.807) is 0 Å². The van der Waals surface area contributed by atoms with Crippen LogP contribution in [0.3, 0.4) is 0 Å². The molecule has 3 rings (SSSR count). The summed E-state index contributed by atoms with van der Waals surface area (Å²) >= 11 is 0. The van der Waals surface area contributed by atoms with E-state index in [0.29, 0.717) is 17.8 Å². The van der Waals surface area contributed by atoms with Crippen molar-refractivity contribution < 1.29 is 4.79 Å². The van der Waals surface area contributed by atoms with Gasteiger partial charge < -0.3 is 10.6 Å². The van der Waals surface area contributed by atoms with Gasteiger partial charge in [-0.05, 0) is 64.5 Å². The fourth-order valence-electron chi connectivity index (χ4n) is 4.29. The molecule has 1 saturated heterocycles. The lowest BCUT2D eigenvalue weighted by Gasteiger charge is -2.29. The fourth-order valence-corrected chi connectivity index (χ4v) is 4.29. The van der Waals surface area contributed by atoms with E-state index in [4.69, 9.17) is 0 Å². The minimum absolute atomic E-state index is 0.0466. The lowest BCUT2D eigenvalue weighted by Crippen LogP contribution is -2.38. The van der Waals surface area contributed by atoms with Crippen molar-refractivity contribution in [1.82, 2.24) is 25.6 Å². The summed E-state index contributed by atoms with van der Waals surface area (Å²) in [6, 6.07) is 0.665. The Morgan fingerprint density at radius 3 is 2.60 bits per heavy atom. The average Bonchev–Trinajstić information content (AvgIpc) is 3.03. The summed E-state index contributed by atoms with van der Waals surface area (Å²) in [7, 11) is 0. The summed E-state index contributed by atoms with van der Waals surface area (Å²) < 4.78 is 1.96. The van der Waals surface area contributed by atoms with E-state index < -0.39 is 0 Å². The molecule has 1 aliphatic heterocycles. The molecule has 0 aromatic carbocycles. The van der Waals surface area contributed by atoms with Crippen LogP contribution in [0, 0.1) is 12.8 Å². The van der Waals surface area contributed by atoms with Crippen molar-refractivity contribution >= 4 is 5.91 Å². The maximum absolute atomic E-state index is 12.6. The average molecular weight is 348 g/mol. The van der Waals surface area contributed by atoms with E-state index in [9.17, 15) is 4.79 Å². The predicted molar refractivity (Wildman–Crippen MR) is 98.6 cm³/mol. The van der Waals surface area contributed by atoms with E-state index in [1.165, 1.54) is 32.1 Å². The van der Waals surface area contributed by atoms with Crippen molar-refractivity contribution in [3.8, 4) is 0 Å². The monoisotopic (exact) mass is 347 g/mol. The Kier molecular flexibility index (Phi) is 6.45. The second-order valence-corrected chi connectivity index (χ2v) is 7.78. The van der Waals surface area contributed by atoms with Gasteiger partial charge in [0.05, 0.1) is 11.7 Å². The van der Waals surface area contributed by atoms with Gasteiger partial charge in [-0.25, -0.2) is 4.68 Å². The van der Waals surface area contributed by atoms with Gasteiger partial charge in [-0.3, -0.25) is 4.79 Å². The van der Waals surface area contributed by atoms with Crippen molar-refractivity contribution in [3.05, 3.63) is 11.4 Å². The zero-order chi connectivity index (χ0) is 17.6. The Morgan fingerprint density at radius 1 is 1.20 bits per heavy atom. The van der Waals surface area contributed by atoms with E-state index in [-0.39, 0.29) is 5.91 Å². The van der Waals surface area contributed by atoms with E-state index in [0.717, 1.165) is 50.4 Å². The normalized spacial score (nSPS) is 25.0. The van der Waals surface area contributed by atoms with E-state index in [2.05, 4.69) is 27.9 Å². The van der Waals surface area contributed by atoms with Gasteiger partial charge in [-0.15, -0.1) is 5.10 Å². The minimum atomic E-state index is -0.0466. The number of carbonyl (C=O) groups is 1. The molecule has 0 unspecified atom stereocenters. The van der Waals surface area contributed by atoms with Gasteiger partial charge in [-0.2, -0.15) is 0 Å². The number of carbonyl (C=O) groups excluding carboxylic acids is 1. The lowest BCUT2D eigenvalue weighted by atomic mass is 9.83. The maximum Gasteiger partial charge on any atom is 0.273 e. The van der Waals surface area contributed by atoms with Gasteiger partial charge in [-0.1, -0.05) is 31.4 Å². The first-order valence-corrected chi connectivity index (χ1v) is 10.1. The van der Waals surface area contributed by atoms with Crippen LogP contribution in [0.1, 0.15) is 86.9 Å². The van der Waals surface area contributed by atoms with Crippen LogP contribution < -0.4 is 10.6 Å². The lowest BCUT2D eigenvalue weighted by molar-refractivity contribution is 0.0915. The highest BCUT2D eigenvalue weighted by atomic mass is 16.2. The number of piperidine rings is 1. The Morgan fingerprint density at radius 2 is 1.92 bits per heavy atom. The number of unbranched alkanes of at least 4 members (excludes halogenated alkanes) is 1. The second-order valence-electron chi connectivity index (χ2n) is 7.78. The van der Waals surface area contributed by atoms with Crippen molar-refractivity contribution in [2.75, 3.05) is 13.1 Å². The first-order valence-electron chi connectivity index (χ1n) is 10.1. The molecule has 2 aliphatic rings. The van der Waals surface area contributed by atoms with Crippen LogP contribution in [0.4, 0.5) is 0 Å². The molecule has 2 N–H and O–H groups in total. The molecule has 0 spiro atoms. The maximum atomic E-state index is 12.6. The summed E-state index contributed by atoms with van der Waals surface area (Å²) in [4.78, 5) is 12.6. The molecule has 2 heterocycles. The summed E-state index contributed by atoms with van der Waals surface area (Å²) in [5, 5.41) is 15.0. The number of nitrogens with zero attached hydrogens (tertiary/aromatic N) is 3. The van der Waals surface area contributed by atoms with Crippen LogP contribution in [-0.2, 0) is 0 Å². The summed E-state index contributed by atoms with van der Waals surface area (Å²) in [5.74, 6) is 0.810.